The van der Waals surface area contributed by atoms with Crippen LogP contribution in [-0.4, -0.2) is 10.8 Å². The lowest BCUT2D eigenvalue weighted by Crippen LogP contribution is -2.21. The van der Waals surface area contributed by atoms with Crippen molar-refractivity contribution in [2.75, 3.05) is 0 Å². The maximum atomic E-state index is 12.5. The van der Waals surface area contributed by atoms with E-state index in [1.807, 2.05) is 24.3 Å². The molecule has 19 heavy (non-hydrogen) atoms. The first-order valence-electron chi connectivity index (χ1n) is 6.10. The molecule has 0 N–H and O–H groups in total. The van der Waals surface area contributed by atoms with Crippen molar-refractivity contribution in [1.29, 1.82) is 0 Å². The molecule has 0 amide bonds. The maximum Gasteiger partial charge on any atom is 0.172 e. The minimum Gasteiger partial charge on any atom is -0.293 e. The Kier molecular flexibility index (Phi) is 3.29. The summed E-state index contributed by atoms with van der Waals surface area (Å²) in [5.74, 6) is -0.0261. The SMILES string of the molecule is O=C1c2ccc(Cl)nc2CCC1c1cccc(Cl)c1. The zero-order valence-corrected chi connectivity index (χ0v) is 11.6. The normalized spacial score (nSPS) is 18.2. The van der Waals surface area contributed by atoms with Crippen LogP contribution in [0.2, 0.25) is 10.2 Å². The van der Waals surface area contributed by atoms with E-state index in [9.17, 15) is 4.79 Å². The highest BCUT2D eigenvalue weighted by Crippen LogP contribution is 2.33. The molecule has 0 aliphatic heterocycles. The lowest BCUT2D eigenvalue weighted by molar-refractivity contribution is 0.0945. The summed E-state index contributed by atoms with van der Waals surface area (Å²) in [6.45, 7) is 0. The Morgan fingerprint density at radius 2 is 2.00 bits per heavy atom. The minimum atomic E-state index is -0.130. The monoisotopic (exact) mass is 291 g/mol. The van der Waals surface area contributed by atoms with Crippen LogP contribution >= 0.6 is 23.2 Å². The zero-order valence-electron chi connectivity index (χ0n) is 10.1. The van der Waals surface area contributed by atoms with E-state index in [1.54, 1.807) is 12.1 Å². The molecule has 1 aliphatic rings. The second-order valence-corrected chi connectivity index (χ2v) is 5.46. The van der Waals surface area contributed by atoms with Crippen LogP contribution in [-0.2, 0) is 6.42 Å². The van der Waals surface area contributed by atoms with Crippen molar-refractivity contribution in [1.82, 2.24) is 4.98 Å². The van der Waals surface area contributed by atoms with Crippen LogP contribution < -0.4 is 0 Å². The van der Waals surface area contributed by atoms with Crippen molar-refractivity contribution < 1.29 is 4.79 Å². The lowest BCUT2D eigenvalue weighted by Gasteiger charge is -2.23. The number of benzene rings is 1. The van der Waals surface area contributed by atoms with Gasteiger partial charge in [0.2, 0.25) is 0 Å². The van der Waals surface area contributed by atoms with Crippen molar-refractivity contribution in [3.63, 3.8) is 0 Å². The third kappa shape index (κ3) is 2.38. The second-order valence-electron chi connectivity index (χ2n) is 4.64. The number of hydrogen-bond acceptors (Lipinski definition) is 2. The van der Waals surface area contributed by atoms with Crippen LogP contribution in [0.4, 0.5) is 0 Å². The van der Waals surface area contributed by atoms with Gasteiger partial charge in [-0.15, -0.1) is 0 Å². The van der Waals surface area contributed by atoms with E-state index < -0.39 is 0 Å². The fraction of sp³-hybridized carbons (Fsp3) is 0.200. The zero-order chi connectivity index (χ0) is 13.4. The Balaban J connectivity index is 2.00. The number of fused-ring (bicyclic) bond motifs is 1. The molecule has 1 aliphatic carbocycles. The molecule has 1 aromatic heterocycles. The fourth-order valence-corrected chi connectivity index (χ4v) is 2.89. The summed E-state index contributed by atoms with van der Waals surface area (Å²) in [5, 5.41) is 1.10. The number of Topliss-reactive ketones (excluding diaryl/α,β-unsaturated/α-hetero) is 1. The summed E-state index contributed by atoms with van der Waals surface area (Å²) in [7, 11) is 0. The number of ketones is 1. The van der Waals surface area contributed by atoms with Gasteiger partial charge in [-0.05, 0) is 42.7 Å². The predicted octanol–water partition coefficient (Wildman–Crippen LogP) is 4.30. The van der Waals surface area contributed by atoms with Crippen LogP contribution in [0.5, 0.6) is 0 Å². The summed E-state index contributed by atoms with van der Waals surface area (Å²) in [4.78, 5) is 16.7. The molecule has 1 atom stereocenters. The molecule has 2 nitrogen and oxygen atoms in total. The number of rotatable bonds is 1. The molecular weight excluding hydrogens is 281 g/mol. The molecule has 3 rings (SSSR count). The topological polar surface area (TPSA) is 30.0 Å². The molecule has 0 saturated heterocycles. The summed E-state index contributed by atoms with van der Waals surface area (Å²) in [6, 6.07) is 10.9. The van der Waals surface area contributed by atoms with Crippen LogP contribution in [0, 0.1) is 0 Å². The Morgan fingerprint density at radius 1 is 1.16 bits per heavy atom. The van der Waals surface area contributed by atoms with Gasteiger partial charge in [-0.1, -0.05) is 35.3 Å². The number of pyridine rings is 1. The van der Waals surface area contributed by atoms with Gasteiger partial charge in [-0.3, -0.25) is 4.79 Å². The minimum absolute atomic E-state index is 0.104. The molecule has 0 bridgehead atoms. The summed E-state index contributed by atoms with van der Waals surface area (Å²) < 4.78 is 0. The number of aryl methyl sites for hydroxylation is 1. The van der Waals surface area contributed by atoms with Crippen LogP contribution in [0.15, 0.2) is 36.4 Å². The predicted molar refractivity (Wildman–Crippen MR) is 76.1 cm³/mol. The quantitative estimate of drug-likeness (QED) is 0.733. The first-order chi connectivity index (χ1) is 9.15. The Hall–Kier alpha value is -1.38. The lowest BCUT2D eigenvalue weighted by atomic mass is 9.81. The third-order valence-corrected chi connectivity index (χ3v) is 3.89. The number of hydrogen-bond donors (Lipinski definition) is 0. The molecule has 1 unspecified atom stereocenters. The average molecular weight is 292 g/mol. The van der Waals surface area contributed by atoms with Gasteiger partial charge in [0.1, 0.15) is 5.15 Å². The highest BCUT2D eigenvalue weighted by atomic mass is 35.5. The van der Waals surface area contributed by atoms with Gasteiger partial charge < -0.3 is 0 Å². The standard InChI is InChI=1S/C15H11Cl2NO/c16-10-3-1-2-9(8-10)11-4-6-13-12(15(11)19)5-7-14(17)18-13/h1-3,5,7-8,11H,4,6H2. The average Bonchev–Trinajstić information content (AvgIpc) is 2.39. The molecule has 1 aromatic carbocycles. The Morgan fingerprint density at radius 3 is 2.79 bits per heavy atom. The maximum absolute atomic E-state index is 12.5. The van der Waals surface area contributed by atoms with Gasteiger partial charge in [0.15, 0.2) is 5.78 Å². The first kappa shape index (κ1) is 12.6. The number of carbonyl (C=O) groups is 1. The summed E-state index contributed by atoms with van der Waals surface area (Å²) >= 11 is 11.9. The van der Waals surface area contributed by atoms with Crippen molar-refractivity contribution in [2.24, 2.45) is 0 Å². The van der Waals surface area contributed by atoms with E-state index in [4.69, 9.17) is 23.2 Å². The van der Waals surface area contributed by atoms with E-state index in [0.29, 0.717) is 15.7 Å². The number of carbonyl (C=O) groups excluding carboxylic acids is 1. The van der Waals surface area contributed by atoms with E-state index in [0.717, 1.165) is 24.1 Å². The smallest absolute Gasteiger partial charge is 0.172 e. The largest absolute Gasteiger partial charge is 0.293 e. The van der Waals surface area contributed by atoms with Gasteiger partial charge in [0.05, 0.1) is 5.69 Å². The molecule has 2 aromatic rings. The van der Waals surface area contributed by atoms with Crippen LogP contribution in [0.25, 0.3) is 0 Å². The van der Waals surface area contributed by atoms with Crippen LogP contribution in [0.1, 0.15) is 34.0 Å². The van der Waals surface area contributed by atoms with Gasteiger partial charge in [-0.25, -0.2) is 4.98 Å². The van der Waals surface area contributed by atoms with Gasteiger partial charge in [0.25, 0.3) is 0 Å². The van der Waals surface area contributed by atoms with Crippen molar-refractivity contribution in [3.8, 4) is 0 Å². The van der Waals surface area contributed by atoms with E-state index in [-0.39, 0.29) is 11.7 Å². The molecule has 1 heterocycles. The van der Waals surface area contributed by atoms with Crippen molar-refractivity contribution in [3.05, 3.63) is 63.4 Å². The van der Waals surface area contributed by atoms with Crippen molar-refractivity contribution >= 4 is 29.0 Å². The molecule has 0 radical (unpaired) electrons. The molecule has 0 fully saturated rings. The van der Waals surface area contributed by atoms with Gasteiger partial charge in [-0.2, -0.15) is 0 Å². The van der Waals surface area contributed by atoms with E-state index in [1.165, 1.54) is 0 Å². The highest BCUT2D eigenvalue weighted by Gasteiger charge is 2.29. The molecule has 4 heteroatoms. The van der Waals surface area contributed by atoms with E-state index in [2.05, 4.69) is 4.98 Å². The third-order valence-electron chi connectivity index (χ3n) is 3.44. The first-order valence-corrected chi connectivity index (χ1v) is 6.86. The van der Waals surface area contributed by atoms with E-state index >= 15 is 0 Å². The summed E-state index contributed by atoms with van der Waals surface area (Å²) in [6.07, 6.45) is 1.51. The number of aromatic nitrogens is 1. The van der Waals surface area contributed by atoms with Crippen LogP contribution in [0.3, 0.4) is 0 Å². The molecule has 0 spiro atoms. The summed E-state index contributed by atoms with van der Waals surface area (Å²) in [5.41, 5.74) is 2.45. The number of nitrogens with zero attached hydrogens (tertiary/aromatic N) is 1. The fourth-order valence-electron chi connectivity index (χ4n) is 2.53. The van der Waals surface area contributed by atoms with Gasteiger partial charge >= 0.3 is 0 Å². The molecular formula is C15H11Cl2NO. The Bertz CT molecular complexity index is 654. The Labute approximate surface area is 121 Å². The highest BCUT2D eigenvalue weighted by molar-refractivity contribution is 6.30. The molecule has 96 valence electrons. The van der Waals surface area contributed by atoms with Crippen molar-refractivity contribution in [2.45, 2.75) is 18.8 Å². The second kappa shape index (κ2) is 4.95. The molecule has 0 saturated carbocycles. The number of halogens is 2. The van der Waals surface area contributed by atoms with Gasteiger partial charge in [0, 0.05) is 16.5 Å².